The first-order valence-corrected chi connectivity index (χ1v) is 6.24. The molecule has 18 heavy (non-hydrogen) atoms. The molecular weight excluding hydrogens is 305 g/mol. The van der Waals surface area contributed by atoms with Gasteiger partial charge in [-0.2, -0.15) is 0 Å². The van der Waals surface area contributed by atoms with Crippen molar-refractivity contribution in [2.45, 2.75) is 24.8 Å². The highest BCUT2D eigenvalue weighted by atomic mass is 79.9. The van der Waals surface area contributed by atoms with E-state index in [4.69, 9.17) is 5.11 Å². The van der Waals surface area contributed by atoms with E-state index >= 15 is 0 Å². The predicted molar refractivity (Wildman–Crippen MR) is 65.8 cm³/mol. The summed E-state index contributed by atoms with van der Waals surface area (Å²) in [5, 5.41) is 11.6. The van der Waals surface area contributed by atoms with Gasteiger partial charge in [0.25, 0.3) is 5.91 Å². The fraction of sp³-hybridized carbons (Fsp3) is 0.333. The van der Waals surface area contributed by atoms with Crippen LogP contribution in [0.15, 0.2) is 22.7 Å². The largest absolute Gasteiger partial charge is 0.480 e. The van der Waals surface area contributed by atoms with Gasteiger partial charge < -0.3 is 10.4 Å². The Labute approximate surface area is 111 Å². The minimum Gasteiger partial charge on any atom is -0.480 e. The first-order valence-electron chi connectivity index (χ1n) is 5.45. The van der Waals surface area contributed by atoms with Gasteiger partial charge in [0, 0.05) is 10.0 Å². The molecule has 2 N–H and O–H groups in total. The molecule has 96 valence electrons. The van der Waals surface area contributed by atoms with E-state index in [1.54, 1.807) is 0 Å². The van der Waals surface area contributed by atoms with E-state index in [0.717, 1.165) is 12.5 Å². The topological polar surface area (TPSA) is 66.4 Å². The molecule has 1 saturated carbocycles. The molecule has 0 saturated heterocycles. The summed E-state index contributed by atoms with van der Waals surface area (Å²) in [5.41, 5.74) is -1.08. The lowest BCUT2D eigenvalue weighted by atomic mass is 9.76. The highest BCUT2D eigenvalue weighted by Crippen LogP contribution is 2.32. The lowest BCUT2D eigenvalue weighted by Crippen LogP contribution is -2.59. The number of benzene rings is 1. The Balaban J connectivity index is 2.19. The van der Waals surface area contributed by atoms with Gasteiger partial charge in [0.2, 0.25) is 0 Å². The number of rotatable bonds is 3. The maximum atomic E-state index is 13.1. The zero-order chi connectivity index (χ0) is 13.3. The smallest absolute Gasteiger partial charge is 0.329 e. The number of hydrogen-bond donors (Lipinski definition) is 2. The van der Waals surface area contributed by atoms with Gasteiger partial charge in [-0.05, 0) is 37.5 Å². The third-order valence-corrected chi connectivity index (χ3v) is 3.55. The molecule has 0 aliphatic heterocycles. The van der Waals surface area contributed by atoms with Gasteiger partial charge in [-0.3, -0.25) is 4.79 Å². The Bertz CT molecular complexity index is 494. The van der Waals surface area contributed by atoms with Gasteiger partial charge in [0.15, 0.2) is 0 Å². The lowest BCUT2D eigenvalue weighted by molar-refractivity contribution is -0.148. The Morgan fingerprint density at radius 2 is 2.00 bits per heavy atom. The van der Waals surface area contributed by atoms with Crippen molar-refractivity contribution in [3.8, 4) is 0 Å². The number of carbonyl (C=O) groups is 2. The average molecular weight is 316 g/mol. The molecule has 1 aliphatic carbocycles. The number of nitrogens with one attached hydrogen (secondary N) is 1. The second-order valence-corrected chi connectivity index (χ2v) is 5.27. The molecule has 0 unspecified atom stereocenters. The van der Waals surface area contributed by atoms with Crippen LogP contribution in [0.25, 0.3) is 0 Å². The Kier molecular flexibility index (Phi) is 3.38. The molecular formula is C12H11BrFNO3. The molecule has 0 atom stereocenters. The standard InChI is InChI=1S/C12H11BrFNO3/c13-8-4-7(5-9(14)6-8)10(16)15-12(11(17)18)2-1-3-12/h4-6H,1-3H2,(H,15,16)(H,17,18). The Morgan fingerprint density at radius 1 is 1.33 bits per heavy atom. The van der Waals surface area contributed by atoms with Crippen LogP contribution in [0.5, 0.6) is 0 Å². The summed E-state index contributed by atoms with van der Waals surface area (Å²) in [7, 11) is 0. The van der Waals surface area contributed by atoms with Crippen LogP contribution in [-0.2, 0) is 4.79 Å². The summed E-state index contributed by atoms with van der Waals surface area (Å²) in [5.74, 6) is -2.16. The molecule has 6 heteroatoms. The number of aliphatic carboxylic acids is 1. The van der Waals surface area contributed by atoms with Gasteiger partial charge in [-0.1, -0.05) is 15.9 Å². The third kappa shape index (κ3) is 2.38. The number of hydrogen-bond acceptors (Lipinski definition) is 2. The second kappa shape index (κ2) is 4.68. The number of halogens is 2. The molecule has 4 nitrogen and oxygen atoms in total. The molecule has 1 amide bonds. The zero-order valence-corrected chi connectivity index (χ0v) is 11.0. The maximum absolute atomic E-state index is 13.1. The van der Waals surface area contributed by atoms with Crippen molar-refractivity contribution in [2.24, 2.45) is 0 Å². The summed E-state index contributed by atoms with van der Waals surface area (Å²) in [6, 6.07) is 3.76. The second-order valence-electron chi connectivity index (χ2n) is 4.35. The Morgan fingerprint density at radius 3 is 2.44 bits per heavy atom. The summed E-state index contributed by atoms with van der Waals surface area (Å²) < 4.78 is 13.6. The van der Waals surface area contributed by atoms with Crippen LogP contribution in [-0.4, -0.2) is 22.5 Å². The van der Waals surface area contributed by atoms with Crippen LogP contribution >= 0.6 is 15.9 Å². The number of carbonyl (C=O) groups excluding carboxylic acids is 1. The molecule has 1 aliphatic rings. The van der Waals surface area contributed by atoms with Crippen LogP contribution in [0.2, 0.25) is 0 Å². The van der Waals surface area contributed by atoms with E-state index in [-0.39, 0.29) is 5.56 Å². The minimum atomic E-state index is -1.18. The number of carboxylic acid groups (broad SMARTS) is 1. The summed E-state index contributed by atoms with van der Waals surface area (Å²) in [6.45, 7) is 0. The van der Waals surface area contributed by atoms with E-state index in [2.05, 4.69) is 21.2 Å². The highest BCUT2D eigenvalue weighted by Gasteiger charge is 2.45. The fourth-order valence-electron chi connectivity index (χ4n) is 1.90. The highest BCUT2D eigenvalue weighted by molar-refractivity contribution is 9.10. The van der Waals surface area contributed by atoms with Gasteiger partial charge in [0.05, 0.1) is 0 Å². The summed E-state index contributed by atoms with van der Waals surface area (Å²) in [4.78, 5) is 23.0. The molecule has 1 aromatic carbocycles. The third-order valence-electron chi connectivity index (χ3n) is 3.09. The molecule has 0 spiro atoms. The lowest BCUT2D eigenvalue weighted by Gasteiger charge is -2.38. The van der Waals surface area contributed by atoms with E-state index in [1.807, 2.05) is 0 Å². The SMILES string of the molecule is O=C(NC1(C(=O)O)CCC1)c1cc(F)cc(Br)c1. The molecule has 0 bridgehead atoms. The van der Waals surface area contributed by atoms with E-state index in [9.17, 15) is 14.0 Å². The van der Waals surface area contributed by atoms with Gasteiger partial charge in [-0.15, -0.1) is 0 Å². The maximum Gasteiger partial charge on any atom is 0.329 e. The first kappa shape index (κ1) is 13.0. The van der Waals surface area contributed by atoms with Crippen molar-refractivity contribution in [1.29, 1.82) is 0 Å². The minimum absolute atomic E-state index is 0.106. The zero-order valence-electron chi connectivity index (χ0n) is 9.37. The Hall–Kier alpha value is -1.43. The first-order chi connectivity index (χ1) is 8.43. The van der Waals surface area contributed by atoms with Gasteiger partial charge in [0.1, 0.15) is 11.4 Å². The van der Waals surface area contributed by atoms with Crippen LogP contribution in [0, 0.1) is 5.82 Å². The van der Waals surface area contributed by atoms with Crippen molar-refractivity contribution in [2.75, 3.05) is 0 Å². The van der Waals surface area contributed by atoms with Crippen molar-refractivity contribution in [3.63, 3.8) is 0 Å². The molecule has 0 aromatic heterocycles. The number of amides is 1. The van der Waals surface area contributed by atoms with Crippen molar-refractivity contribution >= 4 is 27.8 Å². The van der Waals surface area contributed by atoms with Gasteiger partial charge in [-0.25, -0.2) is 9.18 Å². The van der Waals surface area contributed by atoms with Crippen molar-refractivity contribution in [3.05, 3.63) is 34.1 Å². The van der Waals surface area contributed by atoms with Crippen LogP contribution < -0.4 is 5.32 Å². The monoisotopic (exact) mass is 315 g/mol. The molecule has 1 aromatic rings. The predicted octanol–water partition coefficient (Wildman–Crippen LogP) is 2.33. The average Bonchev–Trinajstić information content (AvgIpc) is 2.21. The van der Waals surface area contributed by atoms with Crippen molar-refractivity contribution < 1.29 is 19.1 Å². The molecule has 0 heterocycles. The van der Waals surface area contributed by atoms with Gasteiger partial charge >= 0.3 is 5.97 Å². The van der Waals surface area contributed by atoms with E-state index in [1.165, 1.54) is 12.1 Å². The van der Waals surface area contributed by atoms with Crippen LogP contribution in [0.4, 0.5) is 4.39 Å². The normalized spacial score (nSPS) is 16.8. The molecule has 0 radical (unpaired) electrons. The van der Waals surface area contributed by atoms with Crippen LogP contribution in [0.3, 0.4) is 0 Å². The quantitative estimate of drug-likeness (QED) is 0.899. The fourth-order valence-corrected chi connectivity index (χ4v) is 2.36. The van der Waals surface area contributed by atoms with E-state index in [0.29, 0.717) is 17.3 Å². The molecule has 1 fully saturated rings. The van der Waals surface area contributed by atoms with Crippen LogP contribution in [0.1, 0.15) is 29.6 Å². The van der Waals surface area contributed by atoms with E-state index < -0.39 is 23.2 Å². The molecule has 2 rings (SSSR count). The van der Waals surface area contributed by atoms with Crippen molar-refractivity contribution in [1.82, 2.24) is 5.32 Å². The number of carboxylic acids is 1. The summed E-state index contributed by atoms with van der Waals surface area (Å²) >= 11 is 3.08. The summed E-state index contributed by atoms with van der Waals surface area (Å²) in [6.07, 6.45) is 1.58.